The van der Waals surface area contributed by atoms with E-state index in [-0.39, 0.29) is 39.6 Å². The normalized spacial score (nSPS) is 13.0. The largest absolute Gasteiger partial charge is 0.497 e. The molecule has 7 nitrogen and oxygen atoms in total. The molecule has 0 N–H and O–H groups in total. The van der Waals surface area contributed by atoms with E-state index in [0.29, 0.717) is 6.54 Å². The van der Waals surface area contributed by atoms with Crippen LogP contribution in [0.4, 0.5) is 4.39 Å². The Labute approximate surface area is 195 Å². The van der Waals surface area contributed by atoms with Crippen LogP contribution >= 0.6 is 11.6 Å². The fraction of sp³-hybridized carbons (Fsp3) is 0.292. The molecule has 0 saturated heterocycles. The number of benzene rings is 2. The first-order valence-corrected chi connectivity index (χ1v) is 10.8. The molecule has 1 aliphatic rings. The highest BCUT2D eigenvalue weighted by atomic mass is 35.5. The number of nitrogens with zero attached hydrogens (tertiary/aromatic N) is 2. The lowest BCUT2D eigenvalue weighted by Gasteiger charge is -2.22. The Morgan fingerprint density at radius 3 is 2.58 bits per heavy atom. The summed E-state index contributed by atoms with van der Waals surface area (Å²) in [5.74, 6) is -0.941. The maximum absolute atomic E-state index is 14.4. The van der Waals surface area contributed by atoms with Crippen LogP contribution in [0.15, 0.2) is 47.0 Å². The van der Waals surface area contributed by atoms with Gasteiger partial charge in [-0.2, -0.15) is 0 Å². The van der Waals surface area contributed by atoms with E-state index in [9.17, 15) is 14.0 Å². The van der Waals surface area contributed by atoms with Crippen LogP contribution in [0, 0.1) is 12.7 Å². The summed E-state index contributed by atoms with van der Waals surface area (Å²) in [6.07, 6.45) is 1.80. The Morgan fingerprint density at radius 2 is 1.94 bits per heavy atom. The number of methoxy groups -OCH3 is 1. The topological polar surface area (TPSA) is 81.9 Å². The number of ether oxygens (including phenoxy) is 2. The minimum absolute atomic E-state index is 0.0617. The molecule has 1 fully saturated rings. The molecule has 9 heteroatoms. The smallest absolute Gasteiger partial charge is 0.344 e. The average Bonchev–Trinajstić information content (AvgIpc) is 3.58. The monoisotopic (exact) mass is 472 g/mol. The SMILES string of the molecule is COc1ccc(CN(C(=O)COC(=O)c2c(-c3c(F)cccc3Cl)noc2C)C2CC2)cc1. The van der Waals surface area contributed by atoms with Crippen molar-refractivity contribution in [3.8, 4) is 17.0 Å². The van der Waals surface area contributed by atoms with E-state index in [1.165, 1.54) is 25.1 Å². The third-order valence-corrected chi connectivity index (χ3v) is 5.73. The van der Waals surface area contributed by atoms with E-state index in [1.807, 2.05) is 24.3 Å². The third-order valence-electron chi connectivity index (χ3n) is 5.41. The standard InChI is InChI=1S/C24H22ClFN2O5/c1-14-21(23(27-33-14)22-18(25)4-3-5-19(22)26)24(30)32-13-20(29)28(16-8-9-16)12-15-6-10-17(31-2)11-7-15/h3-7,10-11,16H,8-9,12-13H2,1-2H3. The van der Waals surface area contributed by atoms with Gasteiger partial charge < -0.3 is 18.9 Å². The molecule has 0 bridgehead atoms. The summed E-state index contributed by atoms with van der Waals surface area (Å²) in [5, 5.41) is 3.87. The molecule has 0 radical (unpaired) electrons. The Kier molecular flexibility index (Phi) is 6.65. The molecule has 172 valence electrons. The number of amides is 1. The number of rotatable bonds is 8. The molecule has 1 saturated carbocycles. The van der Waals surface area contributed by atoms with Crippen LogP contribution in [0.2, 0.25) is 5.02 Å². The second kappa shape index (κ2) is 9.62. The van der Waals surface area contributed by atoms with Gasteiger partial charge in [-0.3, -0.25) is 4.79 Å². The van der Waals surface area contributed by atoms with Crippen molar-refractivity contribution < 1.29 is 28.0 Å². The zero-order chi connectivity index (χ0) is 23.5. The first-order valence-electron chi connectivity index (χ1n) is 10.4. The molecule has 1 amide bonds. The summed E-state index contributed by atoms with van der Waals surface area (Å²) in [6.45, 7) is 1.44. The number of aromatic nitrogens is 1. The van der Waals surface area contributed by atoms with E-state index >= 15 is 0 Å². The van der Waals surface area contributed by atoms with Crippen molar-refractivity contribution in [3.05, 3.63) is 70.2 Å². The highest BCUT2D eigenvalue weighted by molar-refractivity contribution is 6.33. The van der Waals surface area contributed by atoms with Crippen molar-refractivity contribution in [2.24, 2.45) is 0 Å². The quantitative estimate of drug-likeness (QED) is 0.438. The van der Waals surface area contributed by atoms with Gasteiger partial charge in [-0.25, -0.2) is 9.18 Å². The maximum Gasteiger partial charge on any atom is 0.344 e. The molecule has 0 atom stereocenters. The minimum atomic E-state index is -0.836. The van der Waals surface area contributed by atoms with Gasteiger partial charge in [0.15, 0.2) is 6.61 Å². The fourth-order valence-electron chi connectivity index (χ4n) is 3.52. The lowest BCUT2D eigenvalue weighted by Crippen LogP contribution is -2.36. The van der Waals surface area contributed by atoms with Crippen LogP contribution in [0.25, 0.3) is 11.3 Å². The summed E-state index contributed by atoms with van der Waals surface area (Å²) in [7, 11) is 1.59. The van der Waals surface area contributed by atoms with Crippen molar-refractivity contribution in [1.82, 2.24) is 10.1 Å². The number of esters is 1. The predicted octanol–water partition coefficient (Wildman–Crippen LogP) is 4.80. The Balaban J connectivity index is 1.47. The average molecular weight is 473 g/mol. The van der Waals surface area contributed by atoms with Crippen LogP contribution in [0.1, 0.15) is 34.5 Å². The number of hydrogen-bond donors (Lipinski definition) is 0. The second-order valence-electron chi connectivity index (χ2n) is 7.74. The lowest BCUT2D eigenvalue weighted by atomic mass is 10.1. The van der Waals surface area contributed by atoms with Crippen molar-refractivity contribution in [1.29, 1.82) is 0 Å². The molecule has 2 aromatic carbocycles. The van der Waals surface area contributed by atoms with E-state index < -0.39 is 18.4 Å². The van der Waals surface area contributed by atoms with Gasteiger partial charge in [-0.15, -0.1) is 0 Å². The van der Waals surface area contributed by atoms with Gasteiger partial charge in [0.1, 0.15) is 28.6 Å². The van der Waals surface area contributed by atoms with Crippen LogP contribution in [0.3, 0.4) is 0 Å². The van der Waals surface area contributed by atoms with E-state index in [4.69, 9.17) is 25.6 Å². The molecule has 33 heavy (non-hydrogen) atoms. The Hall–Kier alpha value is -3.39. The lowest BCUT2D eigenvalue weighted by molar-refractivity contribution is -0.135. The van der Waals surface area contributed by atoms with Gasteiger partial charge in [-0.05, 0) is 49.6 Å². The maximum atomic E-state index is 14.4. The highest BCUT2D eigenvalue weighted by Gasteiger charge is 2.34. The molecular formula is C24H22ClFN2O5. The molecule has 0 spiro atoms. The molecular weight excluding hydrogens is 451 g/mol. The van der Waals surface area contributed by atoms with E-state index in [1.54, 1.807) is 12.0 Å². The van der Waals surface area contributed by atoms with E-state index in [0.717, 1.165) is 24.2 Å². The van der Waals surface area contributed by atoms with Crippen LogP contribution in [-0.4, -0.2) is 41.7 Å². The number of halogens is 2. The molecule has 0 aliphatic heterocycles. The van der Waals surface area contributed by atoms with Gasteiger partial charge in [0.2, 0.25) is 0 Å². The second-order valence-corrected chi connectivity index (χ2v) is 8.14. The van der Waals surface area contributed by atoms with Gasteiger partial charge in [0.25, 0.3) is 5.91 Å². The zero-order valence-electron chi connectivity index (χ0n) is 18.1. The number of aryl methyl sites for hydroxylation is 1. The summed E-state index contributed by atoms with van der Waals surface area (Å²) in [4.78, 5) is 27.4. The first-order chi connectivity index (χ1) is 15.9. The number of hydrogen-bond acceptors (Lipinski definition) is 6. The summed E-state index contributed by atoms with van der Waals surface area (Å²) >= 11 is 6.11. The van der Waals surface area contributed by atoms with Gasteiger partial charge in [0.05, 0.1) is 17.7 Å². The fourth-order valence-corrected chi connectivity index (χ4v) is 3.78. The van der Waals surface area contributed by atoms with Gasteiger partial charge in [-0.1, -0.05) is 35.0 Å². The number of carbonyl (C=O) groups is 2. The third kappa shape index (κ3) is 5.01. The molecule has 1 heterocycles. The Morgan fingerprint density at radius 1 is 1.21 bits per heavy atom. The highest BCUT2D eigenvalue weighted by Crippen LogP contribution is 2.34. The van der Waals surface area contributed by atoms with Crippen LogP contribution < -0.4 is 4.74 Å². The summed E-state index contributed by atoms with van der Waals surface area (Å²) < 4.78 is 29.9. The number of carbonyl (C=O) groups excluding carboxylic acids is 2. The predicted molar refractivity (Wildman–Crippen MR) is 118 cm³/mol. The molecule has 3 aromatic rings. The minimum Gasteiger partial charge on any atom is -0.497 e. The van der Waals surface area contributed by atoms with Crippen molar-refractivity contribution in [2.45, 2.75) is 32.4 Å². The molecule has 1 aliphatic carbocycles. The van der Waals surface area contributed by atoms with Gasteiger partial charge >= 0.3 is 5.97 Å². The van der Waals surface area contributed by atoms with Crippen molar-refractivity contribution in [3.63, 3.8) is 0 Å². The first kappa shape index (κ1) is 22.8. The van der Waals surface area contributed by atoms with Gasteiger partial charge in [0, 0.05) is 12.6 Å². The molecule has 0 unspecified atom stereocenters. The molecule has 1 aromatic heterocycles. The van der Waals surface area contributed by atoms with Crippen molar-refractivity contribution >= 4 is 23.5 Å². The zero-order valence-corrected chi connectivity index (χ0v) is 18.9. The van der Waals surface area contributed by atoms with E-state index in [2.05, 4.69) is 5.16 Å². The summed E-state index contributed by atoms with van der Waals surface area (Å²) in [5.41, 5.74) is 0.746. The van der Waals surface area contributed by atoms with Crippen molar-refractivity contribution in [2.75, 3.05) is 13.7 Å². The van der Waals surface area contributed by atoms with Crippen LogP contribution in [-0.2, 0) is 16.1 Å². The van der Waals surface area contributed by atoms with Crippen LogP contribution in [0.5, 0.6) is 5.75 Å². The Bertz CT molecular complexity index is 1150. The molecule has 4 rings (SSSR count). The summed E-state index contributed by atoms with van der Waals surface area (Å²) in [6, 6.07) is 11.7.